The molecule has 14 aromatic rings. The molecular weight excluding hydrogens is 829 g/mol. The first-order valence-electron chi connectivity index (χ1n) is 23.2. The highest BCUT2D eigenvalue weighted by molar-refractivity contribution is 6.16. The second-order valence-corrected chi connectivity index (χ2v) is 17.6. The summed E-state index contributed by atoms with van der Waals surface area (Å²) in [5.74, 6) is 0. The molecule has 0 amide bonds. The number of fused-ring (bicyclic) bond motifs is 10. The number of hydrogen-bond acceptors (Lipinski definition) is 3. The first-order chi connectivity index (χ1) is 33.7. The van der Waals surface area contributed by atoms with Crippen molar-refractivity contribution >= 4 is 93.5 Å². The van der Waals surface area contributed by atoms with Crippen LogP contribution in [0.4, 0.5) is 17.1 Å². The van der Waals surface area contributed by atoms with Crippen LogP contribution in [0.3, 0.4) is 0 Å². The molecule has 4 nitrogen and oxygen atoms in total. The summed E-state index contributed by atoms with van der Waals surface area (Å²) in [7, 11) is 0. The first-order valence-corrected chi connectivity index (χ1v) is 23.2. The second kappa shape index (κ2) is 15.2. The van der Waals surface area contributed by atoms with E-state index in [4.69, 9.17) is 8.83 Å². The Morgan fingerprint density at radius 3 is 1.68 bits per heavy atom. The lowest BCUT2D eigenvalue weighted by atomic mass is 9.95. The molecule has 3 heterocycles. The van der Waals surface area contributed by atoms with Crippen molar-refractivity contribution in [3.63, 3.8) is 0 Å². The van der Waals surface area contributed by atoms with Gasteiger partial charge in [-0.05, 0) is 94.2 Å². The van der Waals surface area contributed by atoms with Crippen LogP contribution in [0.5, 0.6) is 0 Å². The zero-order chi connectivity index (χ0) is 44.7. The Balaban J connectivity index is 1.05. The van der Waals surface area contributed by atoms with Gasteiger partial charge in [-0.15, -0.1) is 0 Å². The van der Waals surface area contributed by atoms with Gasteiger partial charge in [0.05, 0.1) is 22.4 Å². The summed E-state index contributed by atoms with van der Waals surface area (Å²) in [6.45, 7) is 0. The Morgan fingerprint density at radius 2 is 0.882 bits per heavy atom. The monoisotopic (exact) mass is 868 g/mol. The fourth-order valence-corrected chi connectivity index (χ4v) is 10.8. The molecular formula is C64H40N2O2. The summed E-state index contributed by atoms with van der Waals surface area (Å²) in [5, 5.41) is 9.19. The highest BCUT2D eigenvalue weighted by atomic mass is 16.3. The lowest BCUT2D eigenvalue weighted by Crippen LogP contribution is -2.11. The third kappa shape index (κ3) is 5.87. The molecule has 0 saturated carbocycles. The molecule has 4 heteroatoms. The van der Waals surface area contributed by atoms with E-state index in [0.29, 0.717) is 0 Å². The van der Waals surface area contributed by atoms with Crippen LogP contribution < -0.4 is 4.90 Å². The van der Waals surface area contributed by atoms with Crippen LogP contribution in [0.1, 0.15) is 0 Å². The van der Waals surface area contributed by atoms with Gasteiger partial charge in [0.2, 0.25) is 0 Å². The third-order valence-electron chi connectivity index (χ3n) is 13.8. The maximum atomic E-state index is 6.97. The van der Waals surface area contributed by atoms with E-state index in [2.05, 4.69) is 246 Å². The van der Waals surface area contributed by atoms with E-state index in [9.17, 15) is 0 Å². The van der Waals surface area contributed by atoms with Gasteiger partial charge in [-0.2, -0.15) is 0 Å². The minimum atomic E-state index is 0.845. The van der Waals surface area contributed by atoms with Crippen molar-refractivity contribution in [2.24, 2.45) is 0 Å². The number of benzene rings is 11. The van der Waals surface area contributed by atoms with Crippen molar-refractivity contribution in [3.8, 4) is 39.1 Å². The number of hydrogen-bond donors (Lipinski definition) is 0. The van der Waals surface area contributed by atoms with Crippen molar-refractivity contribution in [1.82, 2.24) is 4.57 Å². The molecule has 0 saturated heterocycles. The van der Waals surface area contributed by atoms with Crippen LogP contribution >= 0.6 is 0 Å². The van der Waals surface area contributed by atoms with Crippen LogP contribution in [0.25, 0.3) is 116 Å². The van der Waals surface area contributed by atoms with Gasteiger partial charge in [0.1, 0.15) is 22.3 Å². The Labute approximate surface area is 391 Å². The van der Waals surface area contributed by atoms with Gasteiger partial charge in [-0.3, -0.25) is 0 Å². The van der Waals surface area contributed by atoms with Crippen LogP contribution in [0.2, 0.25) is 0 Å². The van der Waals surface area contributed by atoms with Gasteiger partial charge in [0, 0.05) is 60.4 Å². The van der Waals surface area contributed by atoms with Crippen molar-refractivity contribution < 1.29 is 8.83 Å². The summed E-state index contributed by atoms with van der Waals surface area (Å²) in [6.07, 6.45) is 0. The molecule has 3 aromatic heterocycles. The quantitative estimate of drug-likeness (QED) is 0.160. The summed E-state index contributed by atoms with van der Waals surface area (Å²) < 4.78 is 15.9. The van der Waals surface area contributed by atoms with E-state index in [0.717, 1.165) is 105 Å². The van der Waals surface area contributed by atoms with E-state index in [1.165, 1.54) is 27.1 Å². The molecule has 0 atom stereocenters. The van der Waals surface area contributed by atoms with E-state index in [1.807, 2.05) is 6.07 Å². The molecule has 0 aliphatic rings. The topological polar surface area (TPSA) is 34.5 Å². The SMILES string of the molecule is c1ccc(N(c2ccc(-c3cccc4ccccc34)cc2)c2cc(-c3ccccc3-n3c4ccccc4c4ccccc43)c3oc4ccccc4c3c2)c(-c2cccc3oc4ccccc4c23)c1. The molecule has 11 aromatic carbocycles. The summed E-state index contributed by atoms with van der Waals surface area (Å²) >= 11 is 0. The molecule has 0 unspecified atom stereocenters. The highest BCUT2D eigenvalue weighted by Crippen LogP contribution is 2.49. The minimum Gasteiger partial charge on any atom is -0.456 e. The number of para-hydroxylation sites is 6. The van der Waals surface area contributed by atoms with Crippen LogP contribution in [-0.4, -0.2) is 4.57 Å². The van der Waals surface area contributed by atoms with Gasteiger partial charge in [-0.1, -0.05) is 176 Å². The fraction of sp³-hybridized carbons (Fsp3) is 0. The maximum absolute atomic E-state index is 6.97. The number of aromatic nitrogens is 1. The van der Waals surface area contributed by atoms with Gasteiger partial charge in [-0.25, -0.2) is 0 Å². The van der Waals surface area contributed by atoms with Crippen molar-refractivity contribution in [2.75, 3.05) is 4.90 Å². The predicted molar refractivity (Wildman–Crippen MR) is 284 cm³/mol. The molecule has 0 aliphatic carbocycles. The fourth-order valence-electron chi connectivity index (χ4n) is 10.8. The Bertz CT molecular complexity index is 4220. The normalized spacial score (nSPS) is 11.8. The molecule has 14 rings (SSSR count). The Kier molecular flexibility index (Phi) is 8.55. The average Bonchev–Trinajstić information content (AvgIpc) is 4.09. The molecule has 0 bridgehead atoms. The van der Waals surface area contributed by atoms with E-state index < -0.39 is 0 Å². The second-order valence-electron chi connectivity index (χ2n) is 17.6. The number of anilines is 3. The lowest BCUT2D eigenvalue weighted by Gasteiger charge is -2.29. The zero-order valence-corrected chi connectivity index (χ0v) is 36.8. The number of furan rings is 2. The van der Waals surface area contributed by atoms with E-state index in [-0.39, 0.29) is 0 Å². The number of nitrogens with zero attached hydrogens (tertiary/aromatic N) is 2. The van der Waals surface area contributed by atoms with Crippen LogP contribution in [-0.2, 0) is 0 Å². The molecule has 0 radical (unpaired) electrons. The summed E-state index contributed by atoms with van der Waals surface area (Å²) in [4.78, 5) is 2.43. The molecule has 68 heavy (non-hydrogen) atoms. The molecule has 0 N–H and O–H groups in total. The summed E-state index contributed by atoms with van der Waals surface area (Å²) in [5.41, 5.74) is 16.5. The highest BCUT2D eigenvalue weighted by Gasteiger charge is 2.25. The summed E-state index contributed by atoms with van der Waals surface area (Å²) in [6, 6.07) is 87.0. The standard InChI is InChI=1S/C64H40N2O2/c1-2-19-45-41(17-1)18-15-26-46(45)42-35-37-43(38-36-42)65(56-28-9-5-22-49(56)52-27-16-34-62-63(52)53-25-8-14-33-61(53)67-62)44-39-54(64-55(40-44)51-24-7-13-32-60(51)68-64)50-23-6-12-31-59(50)66-57-29-10-3-20-47(57)48-21-4-11-30-58(48)66/h1-40H. The van der Waals surface area contributed by atoms with E-state index >= 15 is 0 Å². The van der Waals surface area contributed by atoms with E-state index in [1.54, 1.807) is 0 Å². The lowest BCUT2D eigenvalue weighted by molar-refractivity contribution is 0.669. The van der Waals surface area contributed by atoms with Crippen molar-refractivity contribution in [1.29, 1.82) is 0 Å². The van der Waals surface area contributed by atoms with Crippen molar-refractivity contribution in [3.05, 3.63) is 243 Å². The molecule has 0 fully saturated rings. The molecule has 318 valence electrons. The smallest absolute Gasteiger partial charge is 0.143 e. The van der Waals surface area contributed by atoms with Crippen LogP contribution in [0, 0.1) is 0 Å². The van der Waals surface area contributed by atoms with Crippen LogP contribution in [0.15, 0.2) is 251 Å². The first kappa shape index (κ1) is 38.2. The number of rotatable bonds is 7. The predicted octanol–water partition coefficient (Wildman–Crippen LogP) is 18.2. The Morgan fingerprint density at radius 1 is 0.324 bits per heavy atom. The van der Waals surface area contributed by atoms with Gasteiger partial charge < -0.3 is 18.3 Å². The molecule has 0 spiro atoms. The Hall–Kier alpha value is -9.12. The van der Waals surface area contributed by atoms with Gasteiger partial charge in [0.15, 0.2) is 0 Å². The zero-order valence-electron chi connectivity index (χ0n) is 36.8. The van der Waals surface area contributed by atoms with Gasteiger partial charge in [0.25, 0.3) is 0 Å². The average molecular weight is 869 g/mol. The van der Waals surface area contributed by atoms with Gasteiger partial charge >= 0.3 is 0 Å². The molecule has 0 aliphatic heterocycles. The van der Waals surface area contributed by atoms with Crippen molar-refractivity contribution in [2.45, 2.75) is 0 Å². The maximum Gasteiger partial charge on any atom is 0.143 e. The minimum absolute atomic E-state index is 0.845. The third-order valence-corrected chi connectivity index (χ3v) is 13.8. The largest absolute Gasteiger partial charge is 0.456 e.